The Hall–Kier alpha value is -1.95. The van der Waals surface area contributed by atoms with Gasteiger partial charge >= 0.3 is 18.1 Å². The van der Waals surface area contributed by atoms with Gasteiger partial charge in [-0.05, 0) is 24.0 Å². The van der Waals surface area contributed by atoms with Crippen LogP contribution in [0.1, 0.15) is 55.2 Å². The van der Waals surface area contributed by atoms with E-state index in [0.717, 1.165) is 6.42 Å². The molecule has 1 N–H and O–H groups in total. The molecule has 6 radical (unpaired) electrons. The third-order valence-electron chi connectivity index (χ3n) is 6.04. The molecule has 3 unspecified atom stereocenters. The second-order valence-corrected chi connectivity index (χ2v) is 10.2. The van der Waals surface area contributed by atoms with Crippen LogP contribution in [0.5, 0.6) is 5.75 Å². The van der Waals surface area contributed by atoms with Gasteiger partial charge in [-0.25, -0.2) is 0 Å². The Bertz CT molecular complexity index is 1010. The summed E-state index contributed by atoms with van der Waals surface area (Å²) >= 11 is 0. The average molecular weight is 524 g/mol. The lowest BCUT2D eigenvalue weighted by Crippen LogP contribution is -2.43. The maximum atomic E-state index is 13.3. The van der Waals surface area contributed by atoms with Crippen LogP contribution in [0.15, 0.2) is 12.1 Å². The largest absolute Gasteiger partial charge is 0.451 e. The number of esters is 2. The van der Waals surface area contributed by atoms with Crippen LogP contribution in [0.2, 0.25) is 0 Å². The van der Waals surface area contributed by atoms with Crippen molar-refractivity contribution < 1.29 is 45.2 Å². The van der Waals surface area contributed by atoms with Crippen LogP contribution in [0.4, 0.5) is 13.2 Å². The Kier molecular flexibility index (Phi) is 11.0. The topological polar surface area (TPSA) is 107 Å². The number of carbonyl (C=O) groups excluding carboxylic acids is 2. The lowest BCUT2D eigenvalue weighted by Gasteiger charge is -2.29. The normalized spacial score (nSPS) is 20.1. The van der Waals surface area contributed by atoms with Gasteiger partial charge in [-0.1, -0.05) is 62.3 Å². The van der Waals surface area contributed by atoms with E-state index < -0.39 is 51.9 Å². The molecule has 2 rings (SSSR count). The van der Waals surface area contributed by atoms with Gasteiger partial charge in [0.2, 0.25) is 6.10 Å². The smallest absolute Gasteiger partial charge is 0.426 e. The van der Waals surface area contributed by atoms with E-state index in [1.54, 1.807) is 12.1 Å². The molecule has 0 spiro atoms. The molecule has 1 aliphatic carbocycles. The summed E-state index contributed by atoms with van der Waals surface area (Å²) in [5, 5.41) is 0. The fourth-order valence-corrected chi connectivity index (χ4v) is 4.86. The first kappa shape index (κ1) is 30.3. The highest BCUT2D eigenvalue weighted by Gasteiger charge is 2.47. The molecule has 14 heteroatoms. The van der Waals surface area contributed by atoms with Crippen molar-refractivity contribution in [1.29, 1.82) is 0 Å². The zero-order chi connectivity index (χ0) is 27.1. The molecule has 1 aromatic carbocycles. The average Bonchev–Trinajstić information content (AvgIpc) is 2.76. The van der Waals surface area contributed by atoms with Crippen molar-refractivity contribution in [3.8, 4) is 5.75 Å². The molecular formula is C22H26B3F3O7S. The molecule has 0 aliphatic heterocycles. The van der Waals surface area contributed by atoms with Gasteiger partial charge in [-0.3, -0.25) is 14.1 Å². The standard InChI is InChI=1S/C22H26B3F3O7S/c23-9-13-7-14(10-24)19(15(8-13)11-25)35-21(30)17-6-4-2-1-3-5-16(17)20(29)34-18(22(26,27)28)12-36(31,32)33/h7-8,16-18H,1-6,9-12H2,(H,31,32,33). The first-order valence-corrected chi connectivity index (χ1v) is 13.1. The molecule has 1 fully saturated rings. The number of ether oxygens (including phenoxy) is 2. The highest BCUT2D eigenvalue weighted by Crippen LogP contribution is 2.34. The third-order valence-corrected chi connectivity index (χ3v) is 6.76. The quantitative estimate of drug-likeness (QED) is 0.229. The van der Waals surface area contributed by atoms with Crippen molar-refractivity contribution in [2.75, 3.05) is 5.75 Å². The van der Waals surface area contributed by atoms with Gasteiger partial charge in [0.25, 0.3) is 10.1 Å². The zero-order valence-electron chi connectivity index (χ0n) is 19.6. The van der Waals surface area contributed by atoms with Crippen molar-refractivity contribution in [2.45, 2.75) is 69.8 Å². The molecule has 0 heterocycles. The highest BCUT2D eigenvalue weighted by atomic mass is 32.2. The summed E-state index contributed by atoms with van der Waals surface area (Å²) in [6.07, 6.45) is -5.61. The van der Waals surface area contributed by atoms with Crippen molar-refractivity contribution in [2.24, 2.45) is 11.8 Å². The molecular weight excluding hydrogens is 498 g/mol. The van der Waals surface area contributed by atoms with Gasteiger partial charge in [0.15, 0.2) is 0 Å². The van der Waals surface area contributed by atoms with Gasteiger partial charge < -0.3 is 9.47 Å². The van der Waals surface area contributed by atoms with Crippen LogP contribution in [0.3, 0.4) is 0 Å². The summed E-state index contributed by atoms with van der Waals surface area (Å²) in [6, 6.07) is 3.30. The van der Waals surface area contributed by atoms with Crippen molar-refractivity contribution >= 4 is 45.6 Å². The lowest BCUT2D eigenvalue weighted by atomic mass is 9.81. The van der Waals surface area contributed by atoms with Crippen molar-refractivity contribution in [3.05, 3.63) is 28.8 Å². The fraction of sp³-hybridized carbons (Fsp3) is 0.636. The molecule has 0 amide bonds. The SMILES string of the molecule is [B]Cc1cc(C[B])c(OC(=O)C2CCCCCCC2C(=O)OC(CS(=O)(=O)O)C(F)(F)F)c(C[B])c1. The molecule has 7 nitrogen and oxygen atoms in total. The first-order chi connectivity index (χ1) is 16.8. The molecule has 36 heavy (non-hydrogen) atoms. The van der Waals surface area contributed by atoms with E-state index in [1.165, 1.54) is 0 Å². The molecule has 1 aliphatic rings. The predicted octanol–water partition coefficient (Wildman–Crippen LogP) is 2.55. The van der Waals surface area contributed by atoms with Crippen LogP contribution in [-0.4, -0.2) is 66.5 Å². The van der Waals surface area contributed by atoms with Gasteiger partial charge in [0, 0.05) is 0 Å². The molecule has 0 saturated heterocycles. The number of halogens is 3. The van der Waals surface area contributed by atoms with E-state index in [0.29, 0.717) is 36.0 Å². The first-order valence-electron chi connectivity index (χ1n) is 11.5. The molecule has 3 atom stereocenters. The van der Waals surface area contributed by atoms with E-state index in [4.69, 9.17) is 32.8 Å². The lowest BCUT2D eigenvalue weighted by molar-refractivity contribution is -0.218. The van der Waals surface area contributed by atoms with Crippen LogP contribution in [0, 0.1) is 11.8 Å². The summed E-state index contributed by atoms with van der Waals surface area (Å²) in [6.45, 7) is 0. The van der Waals surface area contributed by atoms with Crippen molar-refractivity contribution in [1.82, 2.24) is 0 Å². The molecule has 0 bridgehead atoms. The number of hydrogen-bond acceptors (Lipinski definition) is 6. The number of carbonyl (C=O) groups is 2. The van der Waals surface area contributed by atoms with E-state index in [9.17, 15) is 31.2 Å². The van der Waals surface area contributed by atoms with Crippen LogP contribution in [0.25, 0.3) is 0 Å². The monoisotopic (exact) mass is 524 g/mol. The number of alkyl halides is 3. The molecule has 192 valence electrons. The minimum atomic E-state index is -5.25. The van der Waals surface area contributed by atoms with Crippen LogP contribution in [-0.2, 0) is 43.4 Å². The van der Waals surface area contributed by atoms with E-state index >= 15 is 0 Å². The third kappa shape index (κ3) is 8.57. The van der Waals surface area contributed by atoms with Gasteiger partial charge in [0.05, 0.1) is 35.4 Å². The maximum absolute atomic E-state index is 13.3. The molecule has 0 aromatic heterocycles. The van der Waals surface area contributed by atoms with E-state index in [-0.39, 0.29) is 37.6 Å². The fourth-order valence-electron chi connectivity index (χ4n) is 4.22. The van der Waals surface area contributed by atoms with Crippen LogP contribution < -0.4 is 4.74 Å². The second kappa shape index (κ2) is 13.0. The summed E-state index contributed by atoms with van der Waals surface area (Å²) in [5.74, 6) is -6.45. The zero-order valence-corrected chi connectivity index (χ0v) is 20.4. The minimum Gasteiger partial charge on any atom is -0.451 e. The highest BCUT2D eigenvalue weighted by molar-refractivity contribution is 7.85. The Morgan fingerprint density at radius 1 is 0.944 bits per heavy atom. The van der Waals surface area contributed by atoms with Gasteiger partial charge in [-0.2, -0.15) is 21.6 Å². The Labute approximate surface area is 212 Å². The molecule has 1 saturated carbocycles. The number of hydrogen-bond donors (Lipinski definition) is 1. The maximum Gasteiger partial charge on any atom is 0.426 e. The molecule has 1 aromatic rings. The van der Waals surface area contributed by atoms with Gasteiger partial charge in [0.1, 0.15) is 11.5 Å². The Morgan fingerprint density at radius 2 is 1.44 bits per heavy atom. The summed E-state index contributed by atoms with van der Waals surface area (Å²) in [5.41, 5.74) is 1.60. The van der Waals surface area contributed by atoms with Crippen LogP contribution >= 0.6 is 0 Å². The minimum absolute atomic E-state index is 0.0114. The second-order valence-electron chi connectivity index (χ2n) is 8.70. The summed E-state index contributed by atoms with van der Waals surface area (Å²) in [7, 11) is 12.2. The van der Waals surface area contributed by atoms with E-state index in [2.05, 4.69) is 4.74 Å². The summed E-state index contributed by atoms with van der Waals surface area (Å²) in [4.78, 5) is 26.1. The number of benzene rings is 1. The Morgan fingerprint density at radius 3 is 1.86 bits per heavy atom. The Balaban J connectivity index is 2.36. The summed E-state index contributed by atoms with van der Waals surface area (Å²) < 4.78 is 81.1. The number of rotatable bonds is 9. The van der Waals surface area contributed by atoms with Crippen molar-refractivity contribution in [3.63, 3.8) is 0 Å². The van der Waals surface area contributed by atoms with Gasteiger partial charge in [-0.15, -0.1) is 0 Å². The van der Waals surface area contributed by atoms with E-state index in [1.807, 2.05) is 0 Å². The predicted molar refractivity (Wildman–Crippen MR) is 127 cm³/mol.